The molecule has 41 heavy (non-hydrogen) atoms. The summed E-state index contributed by atoms with van der Waals surface area (Å²) >= 11 is 0. The Bertz CT molecular complexity index is 1330. The fourth-order valence-corrected chi connectivity index (χ4v) is 5.05. The van der Waals surface area contributed by atoms with Crippen LogP contribution in [0.2, 0.25) is 0 Å². The Morgan fingerprint density at radius 2 is 1.61 bits per heavy atom. The Balaban J connectivity index is 1.50. The van der Waals surface area contributed by atoms with Gasteiger partial charge in [0.15, 0.2) is 0 Å². The van der Waals surface area contributed by atoms with Gasteiger partial charge in [-0.15, -0.1) is 0 Å². The minimum atomic E-state index is -3.67. The highest BCUT2D eigenvalue weighted by Crippen LogP contribution is 2.24. The fourth-order valence-electron chi connectivity index (χ4n) is 3.59. The summed E-state index contributed by atoms with van der Waals surface area (Å²) in [6.45, 7) is 11.7. The lowest BCUT2D eigenvalue weighted by atomic mass is 10.1. The van der Waals surface area contributed by atoms with Gasteiger partial charge in [-0.25, -0.2) is 18.1 Å². The van der Waals surface area contributed by atoms with Crippen molar-refractivity contribution in [2.24, 2.45) is 5.73 Å². The van der Waals surface area contributed by atoms with Crippen molar-refractivity contribution in [1.82, 2.24) is 25.3 Å². The maximum atomic E-state index is 12.8. The Hall–Kier alpha value is -3.33. The predicted molar refractivity (Wildman–Crippen MR) is 163 cm³/mol. The molecule has 0 spiro atoms. The van der Waals surface area contributed by atoms with Crippen LogP contribution in [-0.2, 0) is 14.8 Å². The number of anilines is 4. The van der Waals surface area contributed by atoms with Gasteiger partial charge < -0.3 is 36.5 Å². The molecule has 0 bridgehead atoms. The van der Waals surface area contributed by atoms with Crippen molar-refractivity contribution < 1.29 is 17.9 Å². The molecule has 0 aliphatic carbocycles. The summed E-state index contributed by atoms with van der Waals surface area (Å²) in [5.74, 6) is 1.71. The van der Waals surface area contributed by atoms with E-state index in [9.17, 15) is 8.42 Å². The van der Waals surface area contributed by atoms with Crippen LogP contribution in [0, 0.1) is 6.92 Å². The third-order valence-electron chi connectivity index (χ3n) is 5.47. The van der Waals surface area contributed by atoms with Gasteiger partial charge in [0.25, 0.3) is 0 Å². The number of hydrogen-bond donors (Lipinski definition) is 6. The van der Waals surface area contributed by atoms with Crippen molar-refractivity contribution in [3.05, 3.63) is 60.3 Å². The first-order valence-electron chi connectivity index (χ1n) is 13.5. The summed E-state index contributed by atoms with van der Waals surface area (Å²) in [5, 5.41) is 12.7. The fraction of sp³-hybridized carbons (Fsp3) is 0.429. The quantitative estimate of drug-likeness (QED) is 0.102. The summed E-state index contributed by atoms with van der Waals surface area (Å²) in [6.07, 6.45) is 1.70. The number of nitrogens with two attached hydrogens (primary N) is 1. The van der Waals surface area contributed by atoms with Gasteiger partial charge in [-0.2, -0.15) is 4.98 Å². The van der Waals surface area contributed by atoms with Gasteiger partial charge >= 0.3 is 0 Å². The Kier molecular flexibility index (Phi) is 12.3. The lowest BCUT2D eigenvalue weighted by Crippen LogP contribution is -2.40. The van der Waals surface area contributed by atoms with Gasteiger partial charge in [0.1, 0.15) is 18.2 Å². The summed E-state index contributed by atoms with van der Waals surface area (Å²) in [6, 6.07) is 14.1. The molecule has 0 fully saturated rings. The van der Waals surface area contributed by atoms with Crippen molar-refractivity contribution in [2.45, 2.75) is 38.1 Å². The van der Waals surface area contributed by atoms with Gasteiger partial charge in [0.2, 0.25) is 16.0 Å². The van der Waals surface area contributed by atoms with E-state index in [1.165, 1.54) is 0 Å². The smallest absolute Gasteiger partial charge is 0.241 e. The average Bonchev–Trinajstić information content (AvgIpc) is 2.91. The van der Waals surface area contributed by atoms with E-state index in [-0.39, 0.29) is 4.90 Å². The zero-order valence-corrected chi connectivity index (χ0v) is 25.0. The molecule has 12 nitrogen and oxygen atoms in total. The molecule has 2 aromatic carbocycles. The van der Waals surface area contributed by atoms with Gasteiger partial charge in [-0.05, 0) is 70.2 Å². The highest BCUT2D eigenvalue weighted by Gasteiger charge is 2.22. The third-order valence-corrected chi connectivity index (χ3v) is 7.22. The Morgan fingerprint density at radius 3 is 2.32 bits per heavy atom. The molecule has 7 N–H and O–H groups in total. The van der Waals surface area contributed by atoms with Crippen LogP contribution in [0.1, 0.15) is 26.3 Å². The number of hydrogen-bond acceptors (Lipinski definition) is 11. The highest BCUT2D eigenvalue weighted by atomic mass is 32.2. The van der Waals surface area contributed by atoms with Crippen LogP contribution < -0.4 is 36.5 Å². The summed E-state index contributed by atoms with van der Waals surface area (Å²) in [7, 11) is -3.67. The molecule has 1 aromatic heterocycles. The Morgan fingerprint density at radius 1 is 0.902 bits per heavy atom. The number of aromatic nitrogens is 2. The number of aryl methyl sites for hydroxylation is 1. The van der Waals surface area contributed by atoms with E-state index < -0.39 is 15.6 Å². The number of sulfonamides is 1. The number of nitrogens with zero attached hydrogens (tertiary/aromatic N) is 2. The molecule has 224 valence electrons. The summed E-state index contributed by atoms with van der Waals surface area (Å²) in [4.78, 5) is 9.13. The molecule has 0 saturated heterocycles. The van der Waals surface area contributed by atoms with Gasteiger partial charge in [0.05, 0.1) is 18.1 Å². The number of rotatable bonds is 17. The molecule has 0 aliphatic rings. The summed E-state index contributed by atoms with van der Waals surface area (Å²) in [5.41, 5.74) is 6.97. The van der Waals surface area contributed by atoms with E-state index in [2.05, 4.69) is 36.0 Å². The normalized spacial score (nSPS) is 11.8. The van der Waals surface area contributed by atoms with E-state index in [1.807, 2.05) is 31.2 Å². The molecule has 0 amide bonds. The monoisotopic (exact) mass is 586 g/mol. The van der Waals surface area contributed by atoms with Crippen LogP contribution in [0.15, 0.2) is 59.6 Å². The standard InChI is InChI=1S/C28H42N8O4S/c1-21-19-32-27(35-26(21)33-23-6-5-7-25(18-23)41(37,38)36-28(2,3)4)34-22-8-10-24(11-9-22)40-17-14-30-12-15-39-16-13-31-20-29/h5-11,18-19,30-31,36H,12-17,20,29H2,1-4H3,(H2,32,33,34,35). The molecular formula is C28H42N8O4S. The lowest BCUT2D eigenvalue weighted by molar-refractivity contribution is 0.137. The molecule has 0 atom stereocenters. The van der Waals surface area contributed by atoms with E-state index in [0.717, 1.165) is 30.1 Å². The van der Waals surface area contributed by atoms with Crippen LogP contribution in [0.3, 0.4) is 0 Å². The van der Waals surface area contributed by atoms with Crippen LogP contribution in [-0.4, -0.2) is 70.0 Å². The van der Waals surface area contributed by atoms with Crippen LogP contribution in [0.4, 0.5) is 23.1 Å². The second kappa shape index (κ2) is 15.6. The largest absolute Gasteiger partial charge is 0.492 e. The molecule has 1 heterocycles. The van der Waals surface area contributed by atoms with Crippen LogP contribution in [0.5, 0.6) is 5.75 Å². The third kappa shape index (κ3) is 11.6. The second-order valence-corrected chi connectivity index (χ2v) is 12.0. The van der Waals surface area contributed by atoms with Crippen LogP contribution in [0.25, 0.3) is 0 Å². The first kappa shape index (κ1) is 32.2. The van der Waals surface area contributed by atoms with Crippen molar-refractivity contribution in [1.29, 1.82) is 0 Å². The number of ether oxygens (including phenoxy) is 2. The molecule has 3 aromatic rings. The first-order chi connectivity index (χ1) is 19.6. The van der Waals surface area contributed by atoms with E-state index in [1.54, 1.807) is 51.2 Å². The molecule has 0 saturated carbocycles. The van der Waals surface area contributed by atoms with E-state index >= 15 is 0 Å². The molecule has 13 heteroatoms. The van der Waals surface area contributed by atoms with Crippen molar-refractivity contribution in [3.8, 4) is 5.75 Å². The van der Waals surface area contributed by atoms with Gasteiger partial charge in [0, 0.05) is 55.0 Å². The number of benzene rings is 2. The summed E-state index contributed by atoms with van der Waals surface area (Å²) < 4.78 is 39.4. The SMILES string of the molecule is Cc1cnc(Nc2ccc(OCCNCCOCCNCN)cc2)nc1Nc1cccc(S(=O)(=O)NC(C)(C)C)c1. The zero-order chi connectivity index (χ0) is 29.7. The average molecular weight is 587 g/mol. The molecule has 0 unspecified atom stereocenters. The topological polar surface area (TPSA) is 165 Å². The molecule has 0 radical (unpaired) electrons. The minimum Gasteiger partial charge on any atom is -0.492 e. The first-order valence-corrected chi connectivity index (χ1v) is 15.0. The lowest BCUT2D eigenvalue weighted by Gasteiger charge is -2.20. The zero-order valence-electron chi connectivity index (χ0n) is 24.2. The predicted octanol–water partition coefficient (Wildman–Crippen LogP) is 2.84. The van der Waals surface area contributed by atoms with Crippen molar-refractivity contribution >= 4 is 33.2 Å². The number of nitrogens with one attached hydrogen (secondary N) is 5. The Labute approximate surface area is 242 Å². The van der Waals surface area contributed by atoms with Gasteiger partial charge in [-0.3, -0.25) is 0 Å². The maximum absolute atomic E-state index is 12.8. The van der Waals surface area contributed by atoms with Crippen molar-refractivity contribution in [2.75, 3.05) is 56.8 Å². The van der Waals surface area contributed by atoms with Crippen molar-refractivity contribution in [3.63, 3.8) is 0 Å². The van der Waals surface area contributed by atoms with E-state index in [4.69, 9.17) is 15.2 Å². The minimum absolute atomic E-state index is 0.168. The van der Waals surface area contributed by atoms with Gasteiger partial charge in [-0.1, -0.05) is 6.07 Å². The van der Waals surface area contributed by atoms with E-state index in [0.29, 0.717) is 50.5 Å². The molecule has 3 rings (SSSR count). The highest BCUT2D eigenvalue weighted by molar-refractivity contribution is 7.89. The molecule has 0 aliphatic heterocycles. The maximum Gasteiger partial charge on any atom is 0.241 e. The second-order valence-electron chi connectivity index (χ2n) is 10.3. The molecular weight excluding hydrogens is 544 g/mol. The van der Waals surface area contributed by atoms with Crippen LogP contribution >= 0.6 is 0 Å².